The SMILES string of the molecule is Cc1cc2c([nH]1)/C=C1\C(=O)Nc3ccc(cc31)-c1ccnn1[C@H](C)COCCNC2=O. The Hall–Kier alpha value is -3.65. The molecule has 0 fully saturated rings. The quantitative estimate of drug-likeness (QED) is 0.523. The largest absolute Gasteiger partial charge is 0.377 e. The van der Waals surface area contributed by atoms with Crippen LogP contribution in [-0.2, 0) is 9.53 Å². The van der Waals surface area contributed by atoms with E-state index in [-0.39, 0.29) is 17.9 Å². The predicted octanol–water partition coefficient (Wildman–Crippen LogP) is 3.00. The maximum Gasteiger partial charge on any atom is 0.256 e. The van der Waals surface area contributed by atoms with Gasteiger partial charge in [0.25, 0.3) is 11.8 Å². The van der Waals surface area contributed by atoms with Crippen molar-refractivity contribution in [2.24, 2.45) is 0 Å². The van der Waals surface area contributed by atoms with E-state index in [1.165, 1.54) is 0 Å². The van der Waals surface area contributed by atoms with Gasteiger partial charge in [0.15, 0.2) is 0 Å². The number of nitrogens with one attached hydrogen (secondary N) is 3. The van der Waals surface area contributed by atoms with Gasteiger partial charge in [-0.2, -0.15) is 5.10 Å². The first-order chi connectivity index (χ1) is 15.0. The maximum absolute atomic E-state index is 12.7. The average molecular weight is 417 g/mol. The van der Waals surface area contributed by atoms with E-state index in [0.29, 0.717) is 36.6 Å². The summed E-state index contributed by atoms with van der Waals surface area (Å²) in [5, 5.41) is 10.3. The van der Waals surface area contributed by atoms with Gasteiger partial charge in [-0.3, -0.25) is 14.3 Å². The second-order valence-electron chi connectivity index (χ2n) is 7.89. The van der Waals surface area contributed by atoms with E-state index < -0.39 is 0 Å². The van der Waals surface area contributed by atoms with Crippen molar-refractivity contribution in [1.29, 1.82) is 0 Å². The van der Waals surface area contributed by atoms with Crippen LogP contribution in [0.25, 0.3) is 22.9 Å². The lowest BCUT2D eigenvalue weighted by Gasteiger charge is -2.17. The molecule has 2 aromatic heterocycles. The smallest absolute Gasteiger partial charge is 0.256 e. The fraction of sp³-hybridized carbons (Fsp3) is 0.261. The second-order valence-corrected chi connectivity index (χ2v) is 7.89. The van der Waals surface area contributed by atoms with Crippen molar-refractivity contribution in [2.45, 2.75) is 19.9 Å². The van der Waals surface area contributed by atoms with E-state index in [1.807, 2.05) is 42.8 Å². The Labute approximate surface area is 179 Å². The molecule has 0 aliphatic carbocycles. The number of anilines is 1. The fourth-order valence-electron chi connectivity index (χ4n) is 4.10. The lowest BCUT2D eigenvalue weighted by molar-refractivity contribution is -0.110. The number of nitrogens with zero attached hydrogens (tertiary/aromatic N) is 2. The number of rotatable bonds is 0. The molecule has 3 N–H and O–H groups in total. The summed E-state index contributed by atoms with van der Waals surface area (Å²) in [6.45, 7) is 5.18. The Kier molecular flexibility index (Phi) is 4.71. The van der Waals surface area contributed by atoms with Crippen LogP contribution in [0.5, 0.6) is 0 Å². The van der Waals surface area contributed by atoms with Crippen LogP contribution in [0.1, 0.15) is 40.3 Å². The molecule has 1 aromatic carbocycles. The van der Waals surface area contributed by atoms with Crippen molar-refractivity contribution < 1.29 is 14.3 Å². The van der Waals surface area contributed by atoms with Gasteiger partial charge in [-0.1, -0.05) is 6.07 Å². The molecule has 2 aliphatic rings. The van der Waals surface area contributed by atoms with Crippen molar-refractivity contribution in [1.82, 2.24) is 20.1 Å². The van der Waals surface area contributed by atoms with E-state index in [9.17, 15) is 9.59 Å². The van der Waals surface area contributed by atoms with Crippen LogP contribution in [0.15, 0.2) is 36.5 Å². The second kappa shape index (κ2) is 7.55. The molecule has 0 spiro atoms. The van der Waals surface area contributed by atoms with Gasteiger partial charge in [-0.05, 0) is 44.2 Å². The zero-order valence-electron chi connectivity index (χ0n) is 17.4. The van der Waals surface area contributed by atoms with Crippen LogP contribution < -0.4 is 10.6 Å². The lowest BCUT2D eigenvalue weighted by Crippen LogP contribution is -2.28. The first-order valence-electron chi connectivity index (χ1n) is 10.3. The first-order valence-corrected chi connectivity index (χ1v) is 10.3. The summed E-state index contributed by atoms with van der Waals surface area (Å²) in [5.74, 6) is -0.399. The van der Waals surface area contributed by atoms with Gasteiger partial charge in [0.2, 0.25) is 0 Å². The number of hydrogen-bond donors (Lipinski definition) is 3. The molecule has 2 aliphatic heterocycles. The molecule has 2 amide bonds. The van der Waals surface area contributed by atoms with Gasteiger partial charge < -0.3 is 20.4 Å². The van der Waals surface area contributed by atoms with Crippen molar-refractivity contribution >= 4 is 29.2 Å². The standard InChI is InChI=1S/C23H23N5O3/c1-13-9-18-20(26-13)11-17-16-10-15(3-4-19(16)27-23(17)30)21-5-6-25-28(21)14(2)12-31-8-7-24-22(18)29/h3-6,9-11,14,26H,7-8,12H2,1-2H3,(H,24,29)(H,27,30)/b17-11-/t14-/m1/s1. The topological polar surface area (TPSA) is 101 Å². The van der Waals surface area contributed by atoms with Crippen molar-refractivity contribution in [2.75, 3.05) is 25.1 Å². The Morgan fingerprint density at radius 3 is 2.87 bits per heavy atom. The molecular weight excluding hydrogens is 394 g/mol. The normalized spacial score (nSPS) is 20.3. The number of benzene rings is 1. The number of hydrogen-bond acceptors (Lipinski definition) is 4. The van der Waals surface area contributed by atoms with Crippen LogP contribution in [0.3, 0.4) is 0 Å². The van der Waals surface area contributed by atoms with Crippen molar-refractivity contribution in [3.8, 4) is 11.3 Å². The minimum absolute atomic E-state index is 0.00978. The van der Waals surface area contributed by atoms with Crippen LogP contribution in [0.2, 0.25) is 0 Å². The van der Waals surface area contributed by atoms with Gasteiger partial charge >= 0.3 is 0 Å². The van der Waals surface area contributed by atoms with Crippen LogP contribution >= 0.6 is 0 Å². The molecule has 8 nitrogen and oxygen atoms in total. The van der Waals surface area contributed by atoms with Gasteiger partial charge in [-0.15, -0.1) is 0 Å². The number of aryl methyl sites for hydroxylation is 1. The Morgan fingerprint density at radius 1 is 1.13 bits per heavy atom. The highest BCUT2D eigenvalue weighted by molar-refractivity contribution is 6.35. The number of ether oxygens (including phenoxy) is 1. The first kappa shape index (κ1) is 19.3. The summed E-state index contributed by atoms with van der Waals surface area (Å²) in [7, 11) is 0. The molecule has 4 heterocycles. The fourth-order valence-corrected chi connectivity index (χ4v) is 4.10. The van der Waals surface area contributed by atoms with E-state index in [1.54, 1.807) is 18.3 Å². The molecule has 31 heavy (non-hydrogen) atoms. The summed E-state index contributed by atoms with van der Waals surface area (Å²) >= 11 is 0. The lowest BCUT2D eigenvalue weighted by atomic mass is 10.0. The summed E-state index contributed by atoms with van der Waals surface area (Å²) in [4.78, 5) is 28.7. The van der Waals surface area contributed by atoms with E-state index in [0.717, 1.165) is 28.2 Å². The zero-order chi connectivity index (χ0) is 21.5. The van der Waals surface area contributed by atoms with Gasteiger partial charge in [0, 0.05) is 35.2 Å². The number of carbonyl (C=O) groups excluding carboxylic acids is 2. The van der Waals surface area contributed by atoms with Crippen LogP contribution in [-0.4, -0.2) is 46.3 Å². The Balaban J connectivity index is 1.67. The molecule has 0 saturated carbocycles. The molecule has 2 bridgehead atoms. The highest BCUT2D eigenvalue weighted by Gasteiger charge is 2.26. The number of fused-ring (bicyclic) bond motifs is 4. The minimum Gasteiger partial charge on any atom is -0.377 e. The summed E-state index contributed by atoms with van der Waals surface area (Å²) < 4.78 is 7.70. The van der Waals surface area contributed by atoms with E-state index in [2.05, 4.69) is 20.7 Å². The number of aromatic amines is 1. The molecule has 8 heteroatoms. The third kappa shape index (κ3) is 3.44. The molecule has 0 saturated heterocycles. The average Bonchev–Trinajstić information content (AvgIpc) is 3.44. The molecule has 0 unspecified atom stereocenters. The Morgan fingerprint density at radius 2 is 2.00 bits per heavy atom. The van der Waals surface area contributed by atoms with Gasteiger partial charge in [-0.25, -0.2) is 0 Å². The third-order valence-electron chi connectivity index (χ3n) is 5.59. The molecule has 5 rings (SSSR count). The van der Waals surface area contributed by atoms with Crippen LogP contribution in [0, 0.1) is 6.92 Å². The van der Waals surface area contributed by atoms with Crippen LogP contribution in [0.4, 0.5) is 5.69 Å². The molecule has 1 atom stereocenters. The molecule has 0 radical (unpaired) electrons. The number of amides is 2. The van der Waals surface area contributed by atoms with Crippen molar-refractivity contribution in [3.05, 3.63) is 59.0 Å². The number of carbonyl (C=O) groups is 2. The Bertz CT molecular complexity index is 1220. The molecular formula is C23H23N5O3. The van der Waals surface area contributed by atoms with E-state index in [4.69, 9.17) is 4.74 Å². The van der Waals surface area contributed by atoms with Crippen molar-refractivity contribution in [3.63, 3.8) is 0 Å². The van der Waals surface area contributed by atoms with Gasteiger partial charge in [0.1, 0.15) is 0 Å². The van der Waals surface area contributed by atoms with E-state index >= 15 is 0 Å². The predicted molar refractivity (Wildman–Crippen MR) is 118 cm³/mol. The molecule has 3 aromatic rings. The monoisotopic (exact) mass is 417 g/mol. The third-order valence-corrected chi connectivity index (χ3v) is 5.59. The van der Waals surface area contributed by atoms with Gasteiger partial charge in [0.05, 0.1) is 41.8 Å². The summed E-state index contributed by atoms with van der Waals surface area (Å²) in [6, 6.07) is 9.62. The number of H-pyrrole nitrogens is 1. The summed E-state index contributed by atoms with van der Waals surface area (Å²) in [6.07, 6.45) is 3.51. The maximum atomic E-state index is 12.7. The highest BCUT2D eigenvalue weighted by atomic mass is 16.5. The highest BCUT2D eigenvalue weighted by Crippen LogP contribution is 2.37. The molecule has 158 valence electrons. The summed E-state index contributed by atoms with van der Waals surface area (Å²) in [5.41, 5.74) is 5.92. The number of aromatic nitrogens is 3. The zero-order valence-corrected chi connectivity index (χ0v) is 17.4. The minimum atomic E-state index is -0.207.